The van der Waals surface area contributed by atoms with E-state index in [1.807, 2.05) is 0 Å². The average Bonchev–Trinajstić information content (AvgIpc) is 2.28. The highest BCUT2D eigenvalue weighted by molar-refractivity contribution is 6.30. The Labute approximate surface area is 108 Å². The molecule has 0 atom stereocenters. The number of hydrogen-bond acceptors (Lipinski definition) is 4. The summed E-state index contributed by atoms with van der Waals surface area (Å²) in [6.45, 7) is 0. The quantitative estimate of drug-likeness (QED) is 0.522. The maximum absolute atomic E-state index is 10.9. The van der Waals surface area contributed by atoms with Crippen LogP contribution in [0.15, 0.2) is 42.5 Å². The van der Waals surface area contributed by atoms with E-state index >= 15 is 0 Å². The molecule has 2 aromatic rings. The van der Waals surface area contributed by atoms with Crippen molar-refractivity contribution in [2.75, 3.05) is 5.73 Å². The minimum absolute atomic E-state index is 0.0551. The van der Waals surface area contributed by atoms with Crippen LogP contribution in [-0.2, 0) is 0 Å². The van der Waals surface area contributed by atoms with Gasteiger partial charge in [0.05, 0.1) is 4.92 Å². The first-order valence-corrected chi connectivity index (χ1v) is 5.42. The molecule has 6 heteroatoms. The van der Waals surface area contributed by atoms with Crippen LogP contribution in [0.25, 0.3) is 0 Å². The van der Waals surface area contributed by atoms with Gasteiger partial charge in [0, 0.05) is 5.02 Å². The number of nitrogens with zero attached hydrogens (tertiary/aromatic N) is 1. The molecule has 0 spiro atoms. The van der Waals surface area contributed by atoms with E-state index in [9.17, 15) is 10.1 Å². The number of rotatable bonds is 3. The van der Waals surface area contributed by atoms with Crippen LogP contribution in [0.4, 0.5) is 11.4 Å². The van der Waals surface area contributed by atoms with Gasteiger partial charge in [0.15, 0.2) is 0 Å². The fourth-order valence-electron chi connectivity index (χ4n) is 1.47. The summed E-state index contributed by atoms with van der Waals surface area (Å²) in [5.41, 5.74) is 5.36. The number of anilines is 1. The van der Waals surface area contributed by atoms with Crippen LogP contribution in [0.1, 0.15) is 0 Å². The van der Waals surface area contributed by atoms with Gasteiger partial charge in [0.2, 0.25) is 5.75 Å². The van der Waals surface area contributed by atoms with E-state index in [1.54, 1.807) is 30.3 Å². The van der Waals surface area contributed by atoms with Crippen molar-refractivity contribution in [2.45, 2.75) is 0 Å². The molecule has 0 aromatic heterocycles. The van der Waals surface area contributed by atoms with Gasteiger partial charge in [0.1, 0.15) is 11.4 Å². The van der Waals surface area contributed by atoms with Crippen molar-refractivity contribution in [3.63, 3.8) is 0 Å². The van der Waals surface area contributed by atoms with Gasteiger partial charge in [-0.05, 0) is 30.3 Å². The SMILES string of the molecule is Nc1cccc(Oc2cccc(Cl)c2)c1[N+](=O)[O-]. The molecule has 0 fully saturated rings. The summed E-state index contributed by atoms with van der Waals surface area (Å²) in [6.07, 6.45) is 0. The number of benzene rings is 2. The Morgan fingerprint density at radius 1 is 1.22 bits per heavy atom. The predicted octanol–water partition coefficient (Wildman–Crippen LogP) is 3.62. The molecule has 0 radical (unpaired) electrons. The Kier molecular flexibility index (Phi) is 3.34. The van der Waals surface area contributed by atoms with Crippen molar-refractivity contribution in [3.05, 3.63) is 57.6 Å². The van der Waals surface area contributed by atoms with Crippen LogP contribution in [0, 0.1) is 10.1 Å². The molecule has 0 bridgehead atoms. The molecule has 5 nitrogen and oxygen atoms in total. The van der Waals surface area contributed by atoms with Gasteiger partial charge in [-0.15, -0.1) is 0 Å². The Morgan fingerprint density at radius 2 is 1.94 bits per heavy atom. The van der Waals surface area contributed by atoms with E-state index in [0.29, 0.717) is 10.8 Å². The van der Waals surface area contributed by atoms with E-state index in [1.165, 1.54) is 12.1 Å². The second kappa shape index (κ2) is 4.93. The molecule has 0 aliphatic carbocycles. The number of hydrogen-bond donors (Lipinski definition) is 1. The number of nitro groups is 1. The van der Waals surface area contributed by atoms with Gasteiger partial charge < -0.3 is 10.5 Å². The molecule has 0 heterocycles. The highest BCUT2D eigenvalue weighted by atomic mass is 35.5. The molecule has 0 saturated heterocycles. The van der Waals surface area contributed by atoms with Gasteiger partial charge in [-0.2, -0.15) is 0 Å². The van der Waals surface area contributed by atoms with Crippen LogP contribution >= 0.6 is 11.6 Å². The van der Waals surface area contributed by atoms with E-state index in [4.69, 9.17) is 22.1 Å². The number of halogens is 1. The molecule has 0 amide bonds. The lowest BCUT2D eigenvalue weighted by molar-refractivity contribution is -0.384. The zero-order chi connectivity index (χ0) is 13.1. The summed E-state index contributed by atoms with van der Waals surface area (Å²) in [7, 11) is 0. The summed E-state index contributed by atoms with van der Waals surface area (Å²) in [5.74, 6) is 0.499. The molecule has 92 valence electrons. The van der Waals surface area contributed by atoms with Crippen LogP contribution < -0.4 is 10.5 Å². The van der Waals surface area contributed by atoms with Crippen molar-refractivity contribution >= 4 is 23.0 Å². The number of para-hydroxylation sites is 1. The third-order valence-corrected chi connectivity index (χ3v) is 2.47. The zero-order valence-electron chi connectivity index (χ0n) is 9.17. The van der Waals surface area contributed by atoms with E-state index in [2.05, 4.69) is 0 Å². The first kappa shape index (κ1) is 12.2. The van der Waals surface area contributed by atoms with Crippen molar-refractivity contribution in [2.24, 2.45) is 0 Å². The fourth-order valence-corrected chi connectivity index (χ4v) is 1.65. The summed E-state index contributed by atoms with van der Waals surface area (Å²) >= 11 is 5.81. The number of ether oxygens (including phenoxy) is 1. The summed E-state index contributed by atoms with van der Waals surface area (Å²) in [4.78, 5) is 10.3. The lowest BCUT2D eigenvalue weighted by atomic mass is 10.2. The van der Waals surface area contributed by atoms with E-state index in [-0.39, 0.29) is 17.1 Å². The first-order valence-electron chi connectivity index (χ1n) is 5.04. The van der Waals surface area contributed by atoms with Gasteiger partial charge in [-0.25, -0.2) is 0 Å². The van der Waals surface area contributed by atoms with Crippen LogP contribution in [0.3, 0.4) is 0 Å². The van der Waals surface area contributed by atoms with Gasteiger partial charge in [-0.3, -0.25) is 10.1 Å². The van der Waals surface area contributed by atoms with Crippen molar-refractivity contribution in [3.8, 4) is 11.5 Å². The molecule has 2 rings (SSSR count). The average molecular weight is 265 g/mol. The number of nitrogen functional groups attached to an aromatic ring is 1. The van der Waals surface area contributed by atoms with Crippen LogP contribution in [0.2, 0.25) is 5.02 Å². The molecule has 0 saturated carbocycles. The minimum atomic E-state index is -0.574. The third kappa shape index (κ3) is 2.52. The maximum Gasteiger partial charge on any atom is 0.334 e. The second-order valence-electron chi connectivity index (χ2n) is 3.51. The minimum Gasteiger partial charge on any atom is -0.450 e. The molecule has 0 aliphatic rings. The third-order valence-electron chi connectivity index (χ3n) is 2.24. The van der Waals surface area contributed by atoms with Gasteiger partial charge >= 0.3 is 5.69 Å². The Balaban J connectivity index is 2.40. The fraction of sp³-hybridized carbons (Fsp3) is 0. The van der Waals surface area contributed by atoms with Gasteiger partial charge in [-0.1, -0.05) is 23.7 Å². The smallest absolute Gasteiger partial charge is 0.334 e. The number of nitrogens with two attached hydrogens (primary N) is 1. The number of nitro benzene ring substituents is 1. The van der Waals surface area contributed by atoms with Crippen LogP contribution in [-0.4, -0.2) is 4.92 Å². The molecule has 0 unspecified atom stereocenters. The van der Waals surface area contributed by atoms with Crippen molar-refractivity contribution in [1.82, 2.24) is 0 Å². The monoisotopic (exact) mass is 264 g/mol. The van der Waals surface area contributed by atoms with Crippen molar-refractivity contribution < 1.29 is 9.66 Å². The lowest BCUT2D eigenvalue weighted by Gasteiger charge is -2.07. The molecule has 2 N–H and O–H groups in total. The summed E-state index contributed by atoms with van der Waals surface area (Å²) in [5, 5.41) is 11.4. The Morgan fingerprint density at radius 3 is 2.61 bits per heavy atom. The highest BCUT2D eigenvalue weighted by Crippen LogP contribution is 2.36. The summed E-state index contributed by atoms with van der Waals surface area (Å²) in [6, 6.07) is 11.1. The van der Waals surface area contributed by atoms with Crippen molar-refractivity contribution in [1.29, 1.82) is 0 Å². The molecular weight excluding hydrogens is 256 g/mol. The lowest BCUT2D eigenvalue weighted by Crippen LogP contribution is -1.98. The van der Waals surface area contributed by atoms with Crippen LogP contribution in [0.5, 0.6) is 11.5 Å². The predicted molar refractivity (Wildman–Crippen MR) is 69.0 cm³/mol. The first-order chi connectivity index (χ1) is 8.58. The summed E-state index contributed by atoms with van der Waals surface area (Å²) < 4.78 is 5.43. The Bertz CT molecular complexity index is 602. The Hall–Kier alpha value is -2.27. The largest absolute Gasteiger partial charge is 0.450 e. The standard InChI is InChI=1S/C12H9ClN2O3/c13-8-3-1-4-9(7-8)18-11-6-2-5-10(14)12(11)15(16)17/h1-7H,14H2. The molecule has 0 aliphatic heterocycles. The van der Waals surface area contributed by atoms with E-state index < -0.39 is 4.92 Å². The van der Waals surface area contributed by atoms with Gasteiger partial charge in [0.25, 0.3) is 0 Å². The van der Waals surface area contributed by atoms with E-state index in [0.717, 1.165) is 0 Å². The topological polar surface area (TPSA) is 78.4 Å². The molecular formula is C12H9ClN2O3. The normalized spacial score (nSPS) is 10.1. The second-order valence-corrected chi connectivity index (χ2v) is 3.95. The molecule has 2 aromatic carbocycles. The maximum atomic E-state index is 10.9. The molecule has 18 heavy (non-hydrogen) atoms. The highest BCUT2D eigenvalue weighted by Gasteiger charge is 2.19. The zero-order valence-corrected chi connectivity index (χ0v) is 9.92.